The first-order chi connectivity index (χ1) is 7.50. The number of amides is 1. The third-order valence-corrected chi connectivity index (χ3v) is 2.55. The zero-order valence-corrected chi connectivity index (χ0v) is 7.99. The van der Waals surface area contributed by atoms with Gasteiger partial charge in [-0.1, -0.05) is 0 Å². The molecule has 0 radical (unpaired) electrons. The summed E-state index contributed by atoms with van der Waals surface area (Å²) in [5.41, 5.74) is -0.310. The van der Waals surface area contributed by atoms with Crippen LogP contribution in [-0.4, -0.2) is 12.5 Å². The summed E-state index contributed by atoms with van der Waals surface area (Å²) in [6.07, 6.45) is -0.0541. The van der Waals surface area contributed by atoms with Crippen molar-refractivity contribution in [3.63, 3.8) is 0 Å². The molecule has 2 nitrogen and oxygen atoms in total. The van der Waals surface area contributed by atoms with Crippen LogP contribution in [-0.2, 0) is 4.79 Å². The van der Waals surface area contributed by atoms with E-state index in [4.69, 9.17) is 0 Å². The molecular formula is C10H7F4NO. The number of hydrogen-bond donors (Lipinski definition) is 1. The lowest BCUT2D eigenvalue weighted by molar-refractivity contribution is -0.119. The van der Waals surface area contributed by atoms with Gasteiger partial charge in [-0.05, 0) is 11.6 Å². The van der Waals surface area contributed by atoms with E-state index in [-0.39, 0.29) is 24.4 Å². The van der Waals surface area contributed by atoms with E-state index in [1.54, 1.807) is 0 Å². The minimum Gasteiger partial charge on any atom is -0.355 e. The lowest BCUT2D eigenvalue weighted by Crippen LogP contribution is -2.14. The smallest absolute Gasteiger partial charge is 0.220 e. The zero-order valence-electron chi connectivity index (χ0n) is 7.99. The van der Waals surface area contributed by atoms with Gasteiger partial charge in [0.15, 0.2) is 23.3 Å². The molecular weight excluding hydrogens is 226 g/mol. The van der Waals surface area contributed by atoms with Gasteiger partial charge in [0.1, 0.15) is 0 Å². The Kier molecular flexibility index (Phi) is 2.57. The highest BCUT2D eigenvalue weighted by atomic mass is 19.2. The summed E-state index contributed by atoms with van der Waals surface area (Å²) in [6.45, 7) is 0.0975. The highest BCUT2D eigenvalue weighted by Crippen LogP contribution is 2.29. The van der Waals surface area contributed by atoms with Crippen molar-refractivity contribution in [2.75, 3.05) is 6.54 Å². The molecule has 6 heteroatoms. The van der Waals surface area contributed by atoms with Crippen molar-refractivity contribution in [3.8, 4) is 0 Å². The molecule has 1 fully saturated rings. The molecule has 1 aliphatic heterocycles. The van der Waals surface area contributed by atoms with Gasteiger partial charge in [-0.25, -0.2) is 17.6 Å². The van der Waals surface area contributed by atoms with E-state index in [9.17, 15) is 22.4 Å². The molecule has 1 N–H and O–H groups in total. The van der Waals surface area contributed by atoms with Crippen LogP contribution in [0.4, 0.5) is 17.6 Å². The summed E-state index contributed by atoms with van der Waals surface area (Å²) >= 11 is 0. The Hall–Kier alpha value is -1.59. The maximum atomic E-state index is 13.3. The van der Waals surface area contributed by atoms with Gasteiger partial charge in [0.2, 0.25) is 5.91 Å². The quantitative estimate of drug-likeness (QED) is 0.447. The van der Waals surface area contributed by atoms with Gasteiger partial charge in [-0.2, -0.15) is 0 Å². The van der Waals surface area contributed by atoms with Gasteiger partial charge < -0.3 is 5.32 Å². The Morgan fingerprint density at radius 1 is 1.12 bits per heavy atom. The number of rotatable bonds is 1. The summed E-state index contributed by atoms with van der Waals surface area (Å²) in [5, 5.41) is 2.40. The highest BCUT2D eigenvalue weighted by Gasteiger charge is 2.29. The number of carbonyl (C=O) groups excluding carboxylic acids is 1. The SMILES string of the molecule is O=C1CC(c2cc(F)c(F)c(F)c2F)CN1. The van der Waals surface area contributed by atoms with Gasteiger partial charge in [-0.15, -0.1) is 0 Å². The molecule has 1 amide bonds. The van der Waals surface area contributed by atoms with Crippen LogP contribution in [0, 0.1) is 23.3 Å². The van der Waals surface area contributed by atoms with E-state index < -0.39 is 29.2 Å². The molecule has 1 saturated heterocycles. The van der Waals surface area contributed by atoms with Gasteiger partial charge in [0.25, 0.3) is 0 Å². The van der Waals surface area contributed by atoms with Crippen LogP contribution in [0.15, 0.2) is 6.07 Å². The van der Waals surface area contributed by atoms with Crippen LogP contribution in [0.1, 0.15) is 17.9 Å². The van der Waals surface area contributed by atoms with E-state index in [0.717, 1.165) is 0 Å². The summed E-state index contributed by atoms with van der Waals surface area (Å²) < 4.78 is 51.8. The maximum absolute atomic E-state index is 13.3. The van der Waals surface area contributed by atoms with Crippen LogP contribution < -0.4 is 5.32 Å². The minimum absolute atomic E-state index is 0.0541. The molecule has 1 aromatic carbocycles. The largest absolute Gasteiger partial charge is 0.355 e. The molecule has 2 rings (SSSR count). The Morgan fingerprint density at radius 3 is 2.38 bits per heavy atom. The van der Waals surface area contributed by atoms with E-state index >= 15 is 0 Å². The van der Waals surface area contributed by atoms with Crippen LogP contribution in [0.25, 0.3) is 0 Å². The Labute approximate surface area is 88.3 Å². The summed E-state index contributed by atoms with van der Waals surface area (Å²) in [7, 11) is 0. The average Bonchev–Trinajstić information content (AvgIpc) is 2.67. The second-order valence-corrected chi connectivity index (χ2v) is 3.59. The number of halogens is 4. The number of hydrogen-bond acceptors (Lipinski definition) is 1. The van der Waals surface area contributed by atoms with Crippen molar-refractivity contribution >= 4 is 5.91 Å². The summed E-state index contributed by atoms with van der Waals surface area (Å²) in [4.78, 5) is 10.9. The Morgan fingerprint density at radius 2 is 1.81 bits per heavy atom. The molecule has 0 bridgehead atoms. The topological polar surface area (TPSA) is 29.1 Å². The molecule has 16 heavy (non-hydrogen) atoms. The van der Waals surface area contributed by atoms with Gasteiger partial charge >= 0.3 is 0 Å². The third-order valence-electron chi connectivity index (χ3n) is 2.55. The van der Waals surface area contributed by atoms with Crippen molar-refractivity contribution in [3.05, 3.63) is 34.9 Å². The minimum atomic E-state index is -1.84. The normalized spacial score (nSPS) is 20.0. The van der Waals surface area contributed by atoms with E-state index in [1.165, 1.54) is 0 Å². The number of nitrogens with one attached hydrogen (secondary N) is 1. The van der Waals surface area contributed by atoms with E-state index in [2.05, 4.69) is 5.32 Å². The van der Waals surface area contributed by atoms with Crippen molar-refractivity contribution in [1.82, 2.24) is 5.32 Å². The molecule has 0 aromatic heterocycles. The fourth-order valence-electron chi connectivity index (χ4n) is 1.71. The van der Waals surface area contributed by atoms with Crippen LogP contribution in [0.3, 0.4) is 0 Å². The Balaban J connectivity index is 2.45. The highest BCUT2D eigenvalue weighted by molar-refractivity contribution is 5.79. The number of benzene rings is 1. The summed E-state index contributed by atoms with van der Waals surface area (Å²) in [5.74, 6) is -7.53. The molecule has 1 atom stereocenters. The fourth-order valence-corrected chi connectivity index (χ4v) is 1.71. The standard InChI is InChI=1S/C10H7F4NO/c11-6-2-5(4-1-7(16)15-3-4)8(12)10(14)9(6)13/h2,4H,1,3H2,(H,15,16). The second-order valence-electron chi connectivity index (χ2n) is 3.59. The molecule has 1 aromatic rings. The monoisotopic (exact) mass is 233 g/mol. The van der Waals surface area contributed by atoms with Gasteiger partial charge in [0.05, 0.1) is 0 Å². The lowest BCUT2D eigenvalue weighted by atomic mass is 9.97. The van der Waals surface area contributed by atoms with Crippen molar-refractivity contribution in [2.24, 2.45) is 0 Å². The fraction of sp³-hybridized carbons (Fsp3) is 0.300. The van der Waals surface area contributed by atoms with Crippen molar-refractivity contribution in [1.29, 1.82) is 0 Å². The Bertz CT molecular complexity index is 461. The van der Waals surface area contributed by atoms with Crippen LogP contribution in [0.5, 0.6) is 0 Å². The van der Waals surface area contributed by atoms with Crippen molar-refractivity contribution in [2.45, 2.75) is 12.3 Å². The maximum Gasteiger partial charge on any atom is 0.220 e. The van der Waals surface area contributed by atoms with Crippen LogP contribution in [0.2, 0.25) is 0 Å². The molecule has 0 spiro atoms. The van der Waals surface area contributed by atoms with E-state index in [0.29, 0.717) is 6.07 Å². The third kappa shape index (κ3) is 1.64. The molecule has 0 saturated carbocycles. The molecule has 1 unspecified atom stereocenters. The summed E-state index contributed by atoms with van der Waals surface area (Å²) in [6, 6.07) is 0.596. The predicted octanol–water partition coefficient (Wildman–Crippen LogP) is 1.85. The van der Waals surface area contributed by atoms with E-state index in [1.807, 2.05) is 0 Å². The first-order valence-electron chi connectivity index (χ1n) is 4.60. The number of carbonyl (C=O) groups is 1. The molecule has 1 heterocycles. The van der Waals surface area contributed by atoms with Crippen LogP contribution >= 0.6 is 0 Å². The predicted molar refractivity (Wildman–Crippen MR) is 46.6 cm³/mol. The first kappa shape index (κ1) is 10.9. The first-order valence-corrected chi connectivity index (χ1v) is 4.60. The molecule has 86 valence electrons. The lowest BCUT2D eigenvalue weighted by Gasteiger charge is -2.10. The van der Waals surface area contributed by atoms with Gasteiger partial charge in [-0.3, -0.25) is 4.79 Å². The average molecular weight is 233 g/mol. The molecule has 0 aliphatic carbocycles. The zero-order chi connectivity index (χ0) is 11.9. The van der Waals surface area contributed by atoms with Gasteiger partial charge in [0, 0.05) is 18.9 Å². The van der Waals surface area contributed by atoms with Crippen molar-refractivity contribution < 1.29 is 22.4 Å². The second kappa shape index (κ2) is 3.77. The molecule has 1 aliphatic rings.